The third-order valence-corrected chi connectivity index (χ3v) is 2.67. The molecule has 0 saturated heterocycles. The van der Waals surface area contributed by atoms with E-state index in [1.165, 1.54) is 12.1 Å². The van der Waals surface area contributed by atoms with E-state index in [1.54, 1.807) is 32.4 Å². The SMILES string of the molecule is CNc1cc(COC)nc(-c2ccc(OC(F)F)cc2)n1. The minimum atomic E-state index is -2.84. The largest absolute Gasteiger partial charge is 0.435 e. The van der Waals surface area contributed by atoms with E-state index in [0.717, 1.165) is 5.69 Å². The van der Waals surface area contributed by atoms with Crippen LogP contribution < -0.4 is 10.1 Å². The standard InChI is InChI=1S/C14H15F2N3O2/c1-17-12-7-10(8-20-2)18-13(19-12)9-3-5-11(6-4-9)21-14(15)16/h3-7,14H,8H2,1-2H3,(H,17,18,19). The average Bonchev–Trinajstić information content (AvgIpc) is 2.47. The zero-order valence-electron chi connectivity index (χ0n) is 11.6. The molecule has 112 valence electrons. The minimum absolute atomic E-state index is 0.0932. The Morgan fingerprint density at radius 3 is 2.48 bits per heavy atom. The quantitative estimate of drug-likeness (QED) is 0.888. The van der Waals surface area contributed by atoms with Crippen molar-refractivity contribution in [2.75, 3.05) is 19.5 Å². The van der Waals surface area contributed by atoms with Crippen LogP contribution in [0.4, 0.5) is 14.6 Å². The molecule has 0 saturated carbocycles. The van der Waals surface area contributed by atoms with Crippen molar-refractivity contribution in [3.05, 3.63) is 36.0 Å². The number of rotatable bonds is 6. The topological polar surface area (TPSA) is 56.3 Å². The summed E-state index contributed by atoms with van der Waals surface area (Å²) >= 11 is 0. The summed E-state index contributed by atoms with van der Waals surface area (Å²) in [4.78, 5) is 8.70. The van der Waals surface area contributed by atoms with Crippen LogP contribution in [-0.2, 0) is 11.3 Å². The zero-order chi connectivity index (χ0) is 15.2. The molecule has 0 spiro atoms. The number of methoxy groups -OCH3 is 1. The first-order chi connectivity index (χ1) is 10.1. The van der Waals surface area contributed by atoms with Crippen molar-refractivity contribution in [1.82, 2.24) is 9.97 Å². The minimum Gasteiger partial charge on any atom is -0.435 e. The molecule has 0 bridgehead atoms. The first-order valence-electron chi connectivity index (χ1n) is 6.22. The van der Waals surface area contributed by atoms with Gasteiger partial charge in [-0.1, -0.05) is 0 Å². The van der Waals surface area contributed by atoms with E-state index in [-0.39, 0.29) is 5.75 Å². The molecule has 0 atom stereocenters. The molecule has 5 nitrogen and oxygen atoms in total. The van der Waals surface area contributed by atoms with Crippen molar-refractivity contribution in [2.24, 2.45) is 0 Å². The highest BCUT2D eigenvalue weighted by atomic mass is 19.3. The summed E-state index contributed by atoms with van der Waals surface area (Å²) in [5.41, 5.74) is 1.42. The van der Waals surface area contributed by atoms with Gasteiger partial charge in [0, 0.05) is 25.8 Å². The highest BCUT2D eigenvalue weighted by Gasteiger charge is 2.08. The Morgan fingerprint density at radius 2 is 1.90 bits per heavy atom. The van der Waals surface area contributed by atoms with Gasteiger partial charge in [0.2, 0.25) is 0 Å². The first-order valence-corrected chi connectivity index (χ1v) is 6.22. The van der Waals surface area contributed by atoms with E-state index in [4.69, 9.17) is 4.74 Å². The van der Waals surface area contributed by atoms with Crippen LogP contribution in [0.3, 0.4) is 0 Å². The van der Waals surface area contributed by atoms with Crippen molar-refractivity contribution in [3.8, 4) is 17.1 Å². The molecule has 0 unspecified atom stereocenters. The number of alkyl halides is 2. The fourth-order valence-electron chi connectivity index (χ4n) is 1.76. The number of hydrogen-bond donors (Lipinski definition) is 1. The number of hydrogen-bond acceptors (Lipinski definition) is 5. The third kappa shape index (κ3) is 4.09. The van der Waals surface area contributed by atoms with Gasteiger partial charge in [0.05, 0.1) is 12.3 Å². The maximum Gasteiger partial charge on any atom is 0.387 e. The predicted molar refractivity (Wildman–Crippen MR) is 74.4 cm³/mol. The lowest BCUT2D eigenvalue weighted by Gasteiger charge is -2.08. The Kier molecular flexibility index (Phi) is 4.99. The summed E-state index contributed by atoms with van der Waals surface area (Å²) in [6, 6.07) is 7.94. The van der Waals surface area contributed by atoms with Crippen molar-refractivity contribution >= 4 is 5.82 Å². The molecule has 0 aliphatic rings. The molecule has 1 N–H and O–H groups in total. The number of aromatic nitrogens is 2. The molecule has 2 aromatic rings. The molecule has 0 radical (unpaired) electrons. The molecular formula is C14H15F2N3O2. The summed E-state index contributed by atoms with van der Waals surface area (Å²) in [5.74, 6) is 1.23. The van der Waals surface area contributed by atoms with Crippen LogP contribution in [0.2, 0.25) is 0 Å². The van der Waals surface area contributed by atoms with E-state index in [0.29, 0.717) is 23.8 Å². The van der Waals surface area contributed by atoms with Crippen LogP contribution in [0.15, 0.2) is 30.3 Å². The van der Waals surface area contributed by atoms with E-state index >= 15 is 0 Å². The molecule has 1 aromatic carbocycles. The van der Waals surface area contributed by atoms with Crippen LogP contribution in [-0.4, -0.2) is 30.7 Å². The monoisotopic (exact) mass is 295 g/mol. The third-order valence-electron chi connectivity index (χ3n) is 2.67. The van der Waals surface area contributed by atoms with Crippen molar-refractivity contribution < 1.29 is 18.3 Å². The second-order valence-electron chi connectivity index (χ2n) is 4.15. The Labute approximate surface area is 120 Å². The number of halogens is 2. The number of benzene rings is 1. The lowest BCUT2D eigenvalue weighted by atomic mass is 10.2. The fourth-order valence-corrected chi connectivity index (χ4v) is 1.76. The molecule has 21 heavy (non-hydrogen) atoms. The van der Waals surface area contributed by atoms with Crippen molar-refractivity contribution in [1.29, 1.82) is 0 Å². The highest BCUT2D eigenvalue weighted by Crippen LogP contribution is 2.22. The Morgan fingerprint density at radius 1 is 1.19 bits per heavy atom. The number of ether oxygens (including phenoxy) is 2. The van der Waals surface area contributed by atoms with Gasteiger partial charge in [-0.15, -0.1) is 0 Å². The number of anilines is 1. The van der Waals surface area contributed by atoms with Gasteiger partial charge in [-0.05, 0) is 24.3 Å². The maximum atomic E-state index is 12.1. The molecule has 7 heteroatoms. The molecule has 2 rings (SSSR count). The molecule has 1 heterocycles. The summed E-state index contributed by atoms with van der Waals surface area (Å²) in [7, 11) is 3.33. The first kappa shape index (κ1) is 15.1. The molecular weight excluding hydrogens is 280 g/mol. The molecule has 0 amide bonds. The van der Waals surface area contributed by atoms with Gasteiger partial charge in [-0.3, -0.25) is 0 Å². The molecule has 0 aliphatic heterocycles. The highest BCUT2D eigenvalue weighted by molar-refractivity contribution is 5.58. The summed E-state index contributed by atoms with van der Waals surface area (Å²) < 4.78 is 33.6. The average molecular weight is 295 g/mol. The smallest absolute Gasteiger partial charge is 0.387 e. The normalized spacial score (nSPS) is 10.7. The maximum absolute atomic E-state index is 12.1. The van der Waals surface area contributed by atoms with E-state index < -0.39 is 6.61 Å². The van der Waals surface area contributed by atoms with Gasteiger partial charge in [-0.2, -0.15) is 8.78 Å². The lowest BCUT2D eigenvalue weighted by molar-refractivity contribution is -0.0498. The summed E-state index contributed by atoms with van der Waals surface area (Å²) in [6.07, 6.45) is 0. The Bertz CT molecular complexity index is 591. The van der Waals surface area contributed by atoms with Crippen LogP contribution in [0, 0.1) is 0 Å². The van der Waals surface area contributed by atoms with Crippen LogP contribution >= 0.6 is 0 Å². The Balaban J connectivity index is 2.29. The number of nitrogens with one attached hydrogen (secondary N) is 1. The molecule has 0 fully saturated rings. The van der Waals surface area contributed by atoms with Crippen LogP contribution in [0.25, 0.3) is 11.4 Å². The van der Waals surface area contributed by atoms with Gasteiger partial charge in [0.25, 0.3) is 0 Å². The molecule has 1 aromatic heterocycles. The van der Waals surface area contributed by atoms with Gasteiger partial charge in [-0.25, -0.2) is 9.97 Å². The van der Waals surface area contributed by atoms with E-state index in [9.17, 15) is 8.78 Å². The lowest BCUT2D eigenvalue weighted by Crippen LogP contribution is -2.03. The second kappa shape index (κ2) is 6.94. The van der Waals surface area contributed by atoms with Gasteiger partial charge < -0.3 is 14.8 Å². The zero-order valence-corrected chi connectivity index (χ0v) is 11.6. The Hall–Kier alpha value is -2.28. The van der Waals surface area contributed by atoms with Crippen LogP contribution in [0.1, 0.15) is 5.69 Å². The van der Waals surface area contributed by atoms with Crippen molar-refractivity contribution in [3.63, 3.8) is 0 Å². The predicted octanol–water partition coefficient (Wildman–Crippen LogP) is 2.93. The van der Waals surface area contributed by atoms with E-state index in [1.807, 2.05) is 0 Å². The summed E-state index contributed by atoms with van der Waals surface area (Å²) in [6.45, 7) is -2.48. The summed E-state index contributed by atoms with van der Waals surface area (Å²) in [5, 5.41) is 2.94. The van der Waals surface area contributed by atoms with Gasteiger partial charge in [0.1, 0.15) is 11.6 Å². The number of nitrogens with zero attached hydrogens (tertiary/aromatic N) is 2. The second-order valence-corrected chi connectivity index (χ2v) is 4.15. The van der Waals surface area contributed by atoms with E-state index in [2.05, 4.69) is 20.0 Å². The van der Waals surface area contributed by atoms with Crippen LogP contribution in [0.5, 0.6) is 5.75 Å². The molecule has 0 aliphatic carbocycles. The van der Waals surface area contributed by atoms with Gasteiger partial charge in [0.15, 0.2) is 5.82 Å². The van der Waals surface area contributed by atoms with Crippen molar-refractivity contribution in [2.45, 2.75) is 13.2 Å². The fraction of sp³-hybridized carbons (Fsp3) is 0.286. The van der Waals surface area contributed by atoms with Gasteiger partial charge >= 0.3 is 6.61 Å².